The Kier molecular flexibility index (Phi) is 5.11. The molecule has 1 aliphatic rings. The van der Waals surface area contributed by atoms with Gasteiger partial charge in [0.25, 0.3) is 0 Å². The van der Waals surface area contributed by atoms with Crippen molar-refractivity contribution in [2.24, 2.45) is 11.7 Å². The maximum absolute atomic E-state index is 12.2. The third-order valence-corrected chi connectivity index (χ3v) is 3.44. The van der Waals surface area contributed by atoms with Crippen molar-refractivity contribution in [2.75, 3.05) is 26.2 Å². The summed E-state index contributed by atoms with van der Waals surface area (Å²) in [5, 5.41) is 6.81. The highest BCUT2D eigenvalue weighted by atomic mass is 16.2. The van der Waals surface area contributed by atoms with Crippen molar-refractivity contribution < 1.29 is 9.59 Å². The number of carbonyl (C=O) groups is 2. The number of carbonyl (C=O) groups excluding carboxylic acids is 2. The van der Waals surface area contributed by atoms with Gasteiger partial charge in [-0.2, -0.15) is 5.10 Å². The quantitative estimate of drug-likeness (QED) is 0.737. The molecular weight excluding hydrogens is 258 g/mol. The van der Waals surface area contributed by atoms with Gasteiger partial charge in [-0.15, -0.1) is 0 Å². The molecule has 7 nitrogen and oxygen atoms in total. The Balaban J connectivity index is 1.86. The third kappa shape index (κ3) is 3.80. The van der Waals surface area contributed by atoms with E-state index < -0.39 is 0 Å². The minimum Gasteiger partial charge on any atom is -0.355 e. The molecule has 0 aromatic carbocycles. The van der Waals surface area contributed by atoms with E-state index in [0.29, 0.717) is 26.2 Å². The largest absolute Gasteiger partial charge is 0.355 e. The van der Waals surface area contributed by atoms with Crippen LogP contribution in [0.15, 0.2) is 18.5 Å². The van der Waals surface area contributed by atoms with Gasteiger partial charge in [0, 0.05) is 38.6 Å². The zero-order valence-corrected chi connectivity index (χ0v) is 11.5. The van der Waals surface area contributed by atoms with Crippen LogP contribution in [0.1, 0.15) is 12.8 Å². The van der Waals surface area contributed by atoms with E-state index in [-0.39, 0.29) is 24.3 Å². The summed E-state index contributed by atoms with van der Waals surface area (Å²) < 4.78 is 1.60. The first-order valence-electron chi connectivity index (χ1n) is 6.93. The highest BCUT2D eigenvalue weighted by Crippen LogP contribution is 2.17. The Morgan fingerprint density at radius 2 is 2.30 bits per heavy atom. The van der Waals surface area contributed by atoms with Crippen molar-refractivity contribution in [3.8, 4) is 0 Å². The van der Waals surface area contributed by atoms with Crippen LogP contribution in [-0.2, 0) is 16.1 Å². The minimum absolute atomic E-state index is 0.00465. The highest BCUT2D eigenvalue weighted by Gasteiger charge is 2.28. The maximum Gasteiger partial charge on any atom is 0.244 e. The van der Waals surface area contributed by atoms with E-state index in [1.807, 2.05) is 0 Å². The lowest BCUT2D eigenvalue weighted by Gasteiger charge is -2.32. The van der Waals surface area contributed by atoms with Gasteiger partial charge >= 0.3 is 0 Å². The second kappa shape index (κ2) is 7.04. The van der Waals surface area contributed by atoms with Crippen molar-refractivity contribution in [3.63, 3.8) is 0 Å². The number of nitrogens with zero attached hydrogens (tertiary/aromatic N) is 3. The molecule has 0 saturated carbocycles. The molecule has 1 aliphatic heterocycles. The fraction of sp³-hybridized carbons (Fsp3) is 0.615. The second-order valence-electron chi connectivity index (χ2n) is 4.96. The third-order valence-electron chi connectivity index (χ3n) is 3.44. The Hall–Kier alpha value is -1.89. The molecular formula is C13H21N5O2. The zero-order valence-electron chi connectivity index (χ0n) is 11.5. The molecule has 110 valence electrons. The van der Waals surface area contributed by atoms with Gasteiger partial charge in [-0.05, 0) is 18.9 Å². The highest BCUT2D eigenvalue weighted by molar-refractivity contribution is 5.81. The lowest BCUT2D eigenvalue weighted by Crippen LogP contribution is -2.47. The van der Waals surface area contributed by atoms with Gasteiger partial charge < -0.3 is 16.0 Å². The number of hydrogen-bond donors (Lipinski definition) is 2. The van der Waals surface area contributed by atoms with E-state index in [0.717, 1.165) is 12.8 Å². The summed E-state index contributed by atoms with van der Waals surface area (Å²) in [4.78, 5) is 25.8. The van der Waals surface area contributed by atoms with Crippen LogP contribution in [0.25, 0.3) is 0 Å². The summed E-state index contributed by atoms with van der Waals surface area (Å²) in [7, 11) is 0. The first kappa shape index (κ1) is 14.5. The molecule has 0 aliphatic carbocycles. The van der Waals surface area contributed by atoms with Gasteiger partial charge in [0.2, 0.25) is 11.8 Å². The molecule has 1 fully saturated rings. The van der Waals surface area contributed by atoms with E-state index in [4.69, 9.17) is 5.73 Å². The van der Waals surface area contributed by atoms with Gasteiger partial charge in [-0.3, -0.25) is 14.3 Å². The summed E-state index contributed by atoms with van der Waals surface area (Å²) in [5.41, 5.74) is 5.37. The molecule has 2 amide bonds. The Labute approximate surface area is 118 Å². The first-order valence-corrected chi connectivity index (χ1v) is 6.93. The maximum atomic E-state index is 12.2. The summed E-state index contributed by atoms with van der Waals surface area (Å²) in [6, 6.07) is 1.78. The fourth-order valence-corrected chi connectivity index (χ4v) is 2.39. The normalized spacial score (nSPS) is 18.9. The molecule has 1 unspecified atom stereocenters. The van der Waals surface area contributed by atoms with Crippen LogP contribution in [0.2, 0.25) is 0 Å². The molecule has 0 spiro atoms. The lowest BCUT2D eigenvalue weighted by atomic mass is 9.97. The molecule has 1 aromatic rings. The van der Waals surface area contributed by atoms with Gasteiger partial charge in [-0.1, -0.05) is 0 Å². The molecule has 7 heteroatoms. The van der Waals surface area contributed by atoms with Crippen molar-refractivity contribution in [2.45, 2.75) is 19.4 Å². The van der Waals surface area contributed by atoms with E-state index >= 15 is 0 Å². The zero-order chi connectivity index (χ0) is 14.4. The predicted molar refractivity (Wildman–Crippen MR) is 73.6 cm³/mol. The lowest BCUT2D eigenvalue weighted by molar-refractivity contribution is -0.136. The Bertz CT molecular complexity index is 446. The molecule has 1 atom stereocenters. The summed E-state index contributed by atoms with van der Waals surface area (Å²) in [5.74, 6) is -0.131. The predicted octanol–water partition coefficient (Wildman–Crippen LogP) is -0.803. The van der Waals surface area contributed by atoms with Gasteiger partial charge in [0.15, 0.2) is 0 Å². The van der Waals surface area contributed by atoms with Crippen molar-refractivity contribution in [1.29, 1.82) is 0 Å². The monoisotopic (exact) mass is 279 g/mol. The fourth-order valence-electron chi connectivity index (χ4n) is 2.39. The van der Waals surface area contributed by atoms with Crippen molar-refractivity contribution in [1.82, 2.24) is 20.0 Å². The number of piperidine rings is 1. The van der Waals surface area contributed by atoms with Crippen LogP contribution in [0.5, 0.6) is 0 Å². The number of likely N-dealkylation sites (tertiary alicyclic amines) is 1. The van der Waals surface area contributed by atoms with E-state index in [1.54, 1.807) is 28.0 Å². The van der Waals surface area contributed by atoms with E-state index in [9.17, 15) is 9.59 Å². The summed E-state index contributed by atoms with van der Waals surface area (Å²) >= 11 is 0. The van der Waals surface area contributed by atoms with Crippen LogP contribution in [0, 0.1) is 5.92 Å². The molecule has 2 heterocycles. The van der Waals surface area contributed by atoms with Crippen molar-refractivity contribution >= 4 is 11.8 Å². The topological polar surface area (TPSA) is 93.3 Å². The average molecular weight is 279 g/mol. The smallest absolute Gasteiger partial charge is 0.244 e. The van der Waals surface area contributed by atoms with Crippen molar-refractivity contribution in [3.05, 3.63) is 18.5 Å². The Morgan fingerprint density at radius 3 is 3.00 bits per heavy atom. The standard InChI is InChI=1S/C13H21N5O2/c14-4-6-15-13(20)11-3-1-7-17(9-11)12(19)10-18-8-2-5-16-18/h2,5,8,11H,1,3-4,6-7,9-10,14H2,(H,15,20). The molecule has 2 rings (SSSR count). The SMILES string of the molecule is NCCNC(=O)C1CCCN(C(=O)Cn2cccn2)C1. The molecule has 1 saturated heterocycles. The Morgan fingerprint density at radius 1 is 1.45 bits per heavy atom. The van der Waals surface area contributed by atoms with Crippen LogP contribution in [0.3, 0.4) is 0 Å². The minimum atomic E-state index is -0.128. The van der Waals surface area contributed by atoms with Crippen LogP contribution in [-0.4, -0.2) is 52.7 Å². The molecule has 0 radical (unpaired) electrons. The number of amides is 2. The van der Waals surface area contributed by atoms with Gasteiger partial charge in [-0.25, -0.2) is 0 Å². The van der Waals surface area contributed by atoms with Gasteiger partial charge in [0.05, 0.1) is 5.92 Å². The first-order chi connectivity index (χ1) is 9.70. The van der Waals surface area contributed by atoms with Gasteiger partial charge in [0.1, 0.15) is 6.54 Å². The number of nitrogens with two attached hydrogens (primary N) is 1. The molecule has 1 aromatic heterocycles. The molecule has 0 bridgehead atoms. The van der Waals surface area contributed by atoms with Crippen LogP contribution < -0.4 is 11.1 Å². The average Bonchev–Trinajstić information content (AvgIpc) is 2.97. The number of aromatic nitrogens is 2. The number of hydrogen-bond acceptors (Lipinski definition) is 4. The van der Waals surface area contributed by atoms with Crippen LogP contribution in [0.4, 0.5) is 0 Å². The second-order valence-corrected chi connectivity index (χ2v) is 4.96. The summed E-state index contributed by atoms with van der Waals surface area (Å²) in [6.07, 6.45) is 5.08. The molecule has 20 heavy (non-hydrogen) atoms. The molecule has 3 N–H and O–H groups in total. The number of rotatable bonds is 5. The summed E-state index contributed by atoms with van der Waals surface area (Å²) in [6.45, 7) is 2.33. The van der Waals surface area contributed by atoms with E-state index in [2.05, 4.69) is 10.4 Å². The number of nitrogens with one attached hydrogen (secondary N) is 1. The van der Waals surface area contributed by atoms with Crippen LogP contribution >= 0.6 is 0 Å². The van der Waals surface area contributed by atoms with E-state index in [1.165, 1.54) is 0 Å².